The van der Waals surface area contributed by atoms with Gasteiger partial charge in [-0.2, -0.15) is 13.2 Å². The van der Waals surface area contributed by atoms with Crippen LogP contribution < -0.4 is 5.73 Å². The van der Waals surface area contributed by atoms with Crippen LogP contribution in [-0.4, -0.2) is 12.7 Å². The summed E-state index contributed by atoms with van der Waals surface area (Å²) in [7, 11) is 0. The monoisotopic (exact) mass is 235 g/mol. The third kappa shape index (κ3) is 1.66. The first-order valence-electron chi connectivity index (χ1n) is 6.05. The summed E-state index contributed by atoms with van der Waals surface area (Å²) in [5.41, 5.74) is 5.44. The van der Waals surface area contributed by atoms with Crippen molar-refractivity contribution in [1.82, 2.24) is 0 Å². The van der Waals surface area contributed by atoms with E-state index < -0.39 is 12.1 Å². The summed E-state index contributed by atoms with van der Waals surface area (Å²) in [4.78, 5) is 0. The molecule has 3 aliphatic carbocycles. The Hall–Kier alpha value is -0.250. The number of halogens is 3. The quantitative estimate of drug-likeness (QED) is 0.781. The van der Waals surface area contributed by atoms with Gasteiger partial charge < -0.3 is 5.73 Å². The summed E-state index contributed by atoms with van der Waals surface area (Å²) in [5.74, 6) is -0.676. The second kappa shape index (κ2) is 3.62. The van der Waals surface area contributed by atoms with E-state index >= 15 is 0 Å². The van der Waals surface area contributed by atoms with Gasteiger partial charge in [-0.1, -0.05) is 13.8 Å². The molecular weight excluding hydrogens is 215 g/mol. The first-order chi connectivity index (χ1) is 7.28. The zero-order chi connectivity index (χ0) is 12.1. The van der Waals surface area contributed by atoms with Crippen LogP contribution in [0.25, 0.3) is 0 Å². The van der Waals surface area contributed by atoms with Crippen LogP contribution in [0.4, 0.5) is 13.2 Å². The molecule has 16 heavy (non-hydrogen) atoms. The second-order valence-corrected chi connectivity index (χ2v) is 5.99. The maximum Gasteiger partial charge on any atom is 0.393 e. The highest BCUT2D eigenvalue weighted by molar-refractivity contribution is 5.05. The zero-order valence-electron chi connectivity index (χ0n) is 9.85. The molecule has 0 spiro atoms. The topological polar surface area (TPSA) is 26.0 Å². The van der Waals surface area contributed by atoms with E-state index in [0.29, 0.717) is 12.3 Å². The minimum Gasteiger partial charge on any atom is -0.330 e. The molecule has 4 unspecified atom stereocenters. The molecule has 2 bridgehead atoms. The van der Waals surface area contributed by atoms with Gasteiger partial charge in [0.15, 0.2) is 0 Å². The normalized spacial score (nSPS) is 39.0. The lowest BCUT2D eigenvalue weighted by atomic mass is 9.44. The second-order valence-electron chi connectivity index (χ2n) is 5.99. The molecule has 3 rings (SSSR count). The summed E-state index contributed by atoms with van der Waals surface area (Å²) in [6.07, 6.45) is -1.50. The van der Waals surface area contributed by atoms with Gasteiger partial charge >= 0.3 is 6.18 Å². The van der Waals surface area contributed by atoms with Crippen LogP contribution in [-0.2, 0) is 0 Å². The summed E-state index contributed by atoms with van der Waals surface area (Å²) >= 11 is 0. The van der Waals surface area contributed by atoms with Crippen LogP contribution in [0, 0.1) is 29.1 Å². The maximum atomic E-state index is 12.9. The van der Waals surface area contributed by atoms with Crippen molar-refractivity contribution in [2.45, 2.75) is 39.3 Å². The Labute approximate surface area is 94.6 Å². The third-order valence-corrected chi connectivity index (χ3v) is 5.10. The molecular formula is C12H20F3N. The summed E-state index contributed by atoms with van der Waals surface area (Å²) < 4.78 is 38.6. The van der Waals surface area contributed by atoms with Crippen molar-refractivity contribution in [3.63, 3.8) is 0 Å². The molecule has 94 valence electrons. The van der Waals surface area contributed by atoms with Gasteiger partial charge in [0.2, 0.25) is 0 Å². The smallest absolute Gasteiger partial charge is 0.330 e. The van der Waals surface area contributed by atoms with Gasteiger partial charge in [0.25, 0.3) is 0 Å². The molecule has 3 saturated carbocycles. The molecule has 0 saturated heterocycles. The van der Waals surface area contributed by atoms with E-state index in [-0.39, 0.29) is 23.8 Å². The Morgan fingerprint density at radius 2 is 1.94 bits per heavy atom. The Morgan fingerprint density at radius 1 is 1.31 bits per heavy atom. The molecule has 0 aromatic heterocycles. The van der Waals surface area contributed by atoms with Crippen molar-refractivity contribution in [3.05, 3.63) is 0 Å². The highest BCUT2D eigenvalue weighted by Gasteiger charge is 2.59. The van der Waals surface area contributed by atoms with Gasteiger partial charge in [-0.15, -0.1) is 0 Å². The minimum absolute atomic E-state index is 0.0988. The Morgan fingerprint density at radius 3 is 2.31 bits per heavy atom. The molecule has 3 fully saturated rings. The highest BCUT2D eigenvalue weighted by Crippen LogP contribution is 2.63. The Kier molecular flexibility index (Phi) is 2.76. The molecule has 0 radical (unpaired) electrons. The number of hydrogen-bond donors (Lipinski definition) is 1. The summed E-state index contributed by atoms with van der Waals surface area (Å²) in [6, 6.07) is 0. The van der Waals surface area contributed by atoms with Crippen LogP contribution in [0.2, 0.25) is 0 Å². The molecule has 0 aromatic carbocycles. The van der Waals surface area contributed by atoms with Crippen molar-refractivity contribution >= 4 is 0 Å². The largest absolute Gasteiger partial charge is 0.393 e. The van der Waals surface area contributed by atoms with E-state index in [9.17, 15) is 13.2 Å². The lowest BCUT2D eigenvalue weighted by Gasteiger charge is -2.61. The van der Waals surface area contributed by atoms with Crippen LogP contribution in [0.15, 0.2) is 0 Å². The standard InChI is InChI=1S/C12H20F3N/c1-11(2)7-3-4-8(9(11)5-7)10(6-16)12(13,14)15/h7-10H,3-6,16H2,1-2H3. The van der Waals surface area contributed by atoms with Gasteiger partial charge in [-0.05, 0) is 42.4 Å². The molecule has 4 atom stereocenters. The first-order valence-corrected chi connectivity index (χ1v) is 6.05. The number of alkyl halides is 3. The number of nitrogens with two attached hydrogens (primary N) is 1. The number of hydrogen-bond acceptors (Lipinski definition) is 1. The van der Waals surface area contributed by atoms with Crippen molar-refractivity contribution in [2.24, 2.45) is 34.8 Å². The fraction of sp³-hybridized carbons (Fsp3) is 1.00. The molecule has 3 aliphatic rings. The van der Waals surface area contributed by atoms with Crippen molar-refractivity contribution in [3.8, 4) is 0 Å². The average molecular weight is 235 g/mol. The lowest BCUT2D eigenvalue weighted by Crippen LogP contribution is -2.56. The Bertz CT molecular complexity index is 270. The summed E-state index contributed by atoms with van der Waals surface area (Å²) in [5, 5.41) is 0. The number of rotatable bonds is 2. The Balaban J connectivity index is 2.15. The fourth-order valence-electron chi connectivity index (χ4n) is 3.90. The van der Waals surface area contributed by atoms with Crippen LogP contribution in [0.3, 0.4) is 0 Å². The van der Waals surface area contributed by atoms with Gasteiger partial charge in [0.05, 0.1) is 5.92 Å². The van der Waals surface area contributed by atoms with E-state index in [2.05, 4.69) is 13.8 Å². The molecule has 2 N–H and O–H groups in total. The van der Waals surface area contributed by atoms with Crippen molar-refractivity contribution < 1.29 is 13.2 Å². The van der Waals surface area contributed by atoms with E-state index in [1.54, 1.807) is 0 Å². The lowest BCUT2D eigenvalue weighted by molar-refractivity contribution is -0.221. The minimum atomic E-state index is -4.13. The molecule has 0 aliphatic heterocycles. The average Bonchev–Trinajstić information content (AvgIpc) is 2.16. The predicted octanol–water partition coefficient (Wildman–Crippen LogP) is 3.20. The molecule has 4 heteroatoms. The van der Waals surface area contributed by atoms with Gasteiger partial charge in [0.1, 0.15) is 0 Å². The highest BCUT2D eigenvalue weighted by atomic mass is 19.4. The van der Waals surface area contributed by atoms with E-state index in [1.807, 2.05) is 0 Å². The van der Waals surface area contributed by atoms with Crippen LogP contribution in [0.1, 0.15) is 33.1 Å². The predicted molar refractivity (Wildman–Crippen MR) is 56.7 cm³/mol. The van der Waals surface area contributed by atoms with Crippen molar-refractivity contribution in [2.75, 3.05) is 6.54 Å². The van der Waals surface area contributed by atoms with E-state index in [1.165, 1.54) is 0 Å². The van der Waals surface area contributed by atoms with E-state index in [0.717, 1.165) is 12.8 Å². The molecule has 0 amide bonds. The van der Waals surface area contributed by atoms with Gasteiger partial charge in [0, 0.05) is 6.54 Å². The number of fused-ring (bicyclic) bond motifs is 2. The van der Waals surface area contributed by atoms with Gasteiger partial charge in [-0.25, -0.2) is 0 Å². The van der Waals surface area contributed by atoms with Gasteiger partial charge in [-0.3, -0.25) is 0 Å². The van der Waals surface area contributed by atoms with Crippen LogP contribution in [0.5, 0.6) is 0 Å². The van der Waals surface area contributed by atoms with Crippen molar-refractivity contribution in [1.29, 1.82) is 0 Å². The van der Waals surface area contributed by atoms with Crippen LogP contribution >= 0.6 is 0 Å². The molecule has 0 heterocycles. The SMILES string of the molecule is CC1(C)C2CCC(C(CN)C(F)(F)F)C1C2. The molecule has 0 aromatic rings. The maximum absolute atomic E-state index is 12.9. The first kappa shape index (κ1) is 12.2. The molecule has 1 nitrogen and oxygen atoms in total. The third-order valence-electron chi connectivity index (χ3n) is 5.10. The fourth-order valence-corrected chi connectivity index (χ4v) is 3.90. The van der Waals surface area contributed by atoms with E-state index in [4.69, 9.17) is 5.73 Å². The summed E-state index contributed by atoms with van der Waals surface area (Å²) in [6.45, 7) is 3.97. The zero-order valence-corrected chi connectivity index (χ0v) is 9.85.